The Kier molecular flexibility index (Phi) is 1.98. The first-order valence-electron chi connectivity index (χ1n) is 4.01. The third-order valence-electron chi connectivity index (χ3n) is 1.71. The Balaban J connectivity index is 2.49. The van der Waals surface area contributed by atoms with Gasteiger partial charge in [0.05, 0.1) is 0 Å². The lowest BCUT2D eigenvalue weighted by Crippen LogP contribution is -1.85. The fourth-order valence-corrected chi connectivity index (χ4v) is 1.14. The van der Waals surface area contributed by atoms with Crippen molar-refractivity contribution in [2.24, 2.45) is 0 Å². The highest BCUT2D eigenvalue weighted by atomic mass is 16.5. The molecule has 0 atom stereocenters. The van der Waals surface area contributed by atoms with Gasteiger partial charge in [0.2, 0.25) is 11.6 Å². The SMILES string of the molecule is COCc1nc2ccc(C)nc2o1. The van der Waals surface area contributed by atoms with Crippen molar-refractivity contribution in [2.75, 3.05) is 7.11 Å². The van der Waals surface area contributed by atoms with Crippen molar-refractivity contribution in [3.8, 4) is 0 Å². The van der Waals surface area contributed by atoms with Crippen LogP contribution in [-0.2, 0) is 11.3 Å². The van der Waals surface area contributed by atoms with Crippen LogP contribution < -0.4 is 0 Å². The van der Waals surface area contributed by atoms with Gasteiger partial charge >= 0.3 is 0 Å². The largest absolute Gasteiger partial charge is 0.420 e. The number of oxazole rings is 1. The van der Waals surface area contributed by atoms with Gasteiger partial charge in [0.1, 0.15) is 12.1 Å². The van der Waals surface area contributed by atoms with E-state index in [0.717, 1.165) is 11.2 Å². The highest BCUT2D eigenvalue weighted by molar-refractivity contribution is 5.67. The van der Waals surface area contributed by atoms with E-state index in [-0.39, 0.29) is 0 Å². The van der Waals surface area contributed by atoms with Crippen molar-refractivity contribution < 1.29 is 9.15 Å². The highest BCUT2D eigenvalue weighted by Crippen LogP contribution is 2.13. The molecule has 2 aromatic rings. The number of methoxy groups -OCH3 is 1. The molecule has 68 valence electrons. The molecule has 4 heteroatoms. The van der Waals surface area contributed by atoms with Gasteiger partial charge in [-0.25, -0.2) is 9.97 Å². The Morgan fingerprint density at radius 3 is 3.00 bits per heavy atom. The van der Waals surface area contributed by atoms with Crippen LogP contribution >= 0.6 is 0 Å². The number of aromatic nitrogens is 2. The van der Waals surface area contributed by atoms with Crippen molar-refractivity contribution in [1.82, 2.24) is 9.97 Å². The van der Waals surface area contributed by atoms with Crippen LogP contribution in [0, 0.1) is 6.92 Å². The van der Waals surface area contributed by atoms with Crippen molar-refractivity contribution in [3.63, 3.8) is 0 Å². The Morgan fingerprint density at radius 1 is 1.38 bits per heavy atom. The van der Waals surface area contributed by atoms with Gasteiger partial charge in [-0.1, -0.05) is 0 Å². The van der Waals surface area contributed by atoms with Crippen molar-refractivity contribution >= 4 is 11.2 Å². The van der Waals surface area contributed by atoms with Crippen LogP contribution in [0.15, 0.2) is 16.5 Å². The first-order chi connectivity index (χ1) is 6.29. The summed E-state index contributed by atoms with van der Waals surface area (Å²) in [6.07, 6.45) is 0. The number of hydrogen-bond donors (Lipinski definition) is 0. The summed E-state index contributed by atoms with van der Waals surface area (Å²) >= 11 is 0. The summed E-state index contributed by atoms with van der Waals surface area (Å²) in [7, 11) is 1.60. The Hall–Kier alpha value is -1.42. The van der Waals surface area contributed by atoms with E-state index >= 15 is 0 Å². The highest BCUT2D eigenvalue weighted by Gasteiger charge is 2.05. The molecule has 0 saturated carbocycles. The maximum absolute atomic E-state index is 5.34. The van der Waals surface area contributed by atoms with Crippen LogP contribution in [0.4, 0.5) is 0 Å². The van der Waals surface area contributed by atoms with Gasteiger partial charge in [-0.05, 0) is 19.1 Å². The second-order valence-corrected chi connectivity index (χ2v) is 2.82. The second kappa shape index (κ2) is 3.14. The molecule has 0 radical (unpaired) electrons. The third-order valence-corrected chi connectivity index (χ3v) is 1.71. The average Bonchev–Trinajstić information content (AvgIpc) is 2.46. The van der Waals surface area contributed by atoms with Crippen LogP contribution in [0.1, 0.15) is 11.6 Å². The van der Waals surface area contributed by atoms with Crippen LogP contribution in [0.2, 0.25) is 0 Å². The fraction of sp³-hybridized carbons (Fsp3) is 0.333. The number of fused-ring (bicyclic) bond motifs is 1. The molecular weight excluding hydrogens is 168 g/mol. The number of ether oxygens (including phenoxy) is 1. The first kappa shape index (κ1) is 8.19. The van der Waals surface area contributed by atoms with Crippen molar-refractivity contribution in [2.45, 2.75) is 13.5 Å². The quantitative estimate of drug-likeness (QED) is 0.701. The minimum absolute atomic E-state index is 0.384. The van der Waals surface area contributed by atoms with Crippen LogP contribution in [0.3, 0.4) is 0 Å². The normalized spacial score (nSPS) is 10.9. The summed E-state index contributed by atoms with van der Waals surface area (Å²) in [5.74, 6) is 0.565. The molecule has 0 aliphatic rings. The minimum atomic E-state index is 0.384. The summed E-state index contributed by atoms with van der Waals surface area (Å²) in [5.41, 5.74) is 2.28. The third kappa shape index (κ3) is 1.53. The van der Waals surface area contributed by atoms with E-state index in [1.165, 1.54) is 0 Å². The molecule has 0 saturated heterocycles. The summed E-state index contributed by atoms with van der Waals surface area (Å²) in [6, 6.07) is 3.79. The Morgan fingerprint density at radius 2 is 2.23 bits per heavy atom. The monoisotopic (exact) mass is 178 g/mol. The second-order valence-electron chi connectivity index (χ2n) is 2.82. The molecule has 0 spiro atoms. The van der Waals surface area contributed by atoms with E-state index in [9.17, 15) is 0 Å². The van der Waals surface area contributed by atoms with E-state index in [1.807, 2.05) is 19.1 Å². The molecule has 2 rings (SSSR count). The maximum atomic E-state index is 5.34. The van der Waals surface area contributed by atoms with Crippen molar-refractivity contribution in [1.29, 1.82) is 0 Å². The van der Waals surface area contributed by atoms with Gasteiger partial charge in [0.15, 0.2) is 0 Å². The molecule has 0 aliphatic heterocycles. The average molecular weight is 178 g/mol. The van der Waals surface area contributed by atoms with E-state index in [2.05, 4.69) is 9.97 Å². The van der Waals surface area contributed by atoms with Gasteiger partial charge in [0, 0.05) is 12.8 Å². The molecule has 0 fully saturated rings. The molecule has 4 nitrogen and oxygen atoms in total. The van der Waals surface area contributed by atoms with Gasteiger partial charge in [-0.15, -0.1) is 0 Å². The zero-order chi connectivity index (χ0) is 9.26. The van der Waals surface area contributed by atoms with Crippen LogP contribution in [0.25, 0.3) is 11.2 Å². The van der Waals surface area contributed by atoms with Gasteiger partial charge in [-0.2, -0.15) is 0 Å². The number of pyridine rings is 1. The standard InChI is InChI=1S/C9H10N2O2/c1-6-3-4-7-9(10-6)13-8(11-7)5-12-2/h3-4H,5H2,1-2H3. The number of aryl methyl sites for hydroxylation is 1. The summed E-state index contributed by atoms with van der Waals surface area (Å²) in [4.78, 5) is 8.38. The zero-order valence-electron chi connectivity index (χ0n) is 7.57. The number of rotatable bonds is 2. The Bertz CT molecular complexity index is 422. The molecule has 0 N–H and O–H groups in total. The molecule has 0 aromatic carbocycles. The van der Waals surface area contributed by atoms with Crippen molar-refractivity contribution in [3.05, 3.63) is 23.7 Å². The minimum Gasteiger partial charge on any atom is -0.420 e. The Labute approximate surface area is 75.6 Å². The smallest absolute Gasteiger partial charge is 0.247 e. The molecule has 0 bridgehead atoms. The number of hydrogen-bond acceptors (Lipinski definition) is 4. The molecule has 0 amide bonds. The van der Waals surface area contributed by atoms with Crippen LogP contribution in [0.5, 0.6) is 0 Å². The summed E-state index contributed by atoms with van der Waals surface area (Å²) in [6.45, 7) is 2.30. The van der Waals surface area contributed by atoms with Gasteiger partial charge in [-0.3, -0.25) is 0 Å². The lowest BCUT2D eigenvalue weighted by Gasteiger charge is -1.88. The lowest BCUT2D eigenvalue weighted by atomic mass is 10.4. The fourth-order valence-electron chi connectivity index (χ4n) is 1.14. The molecule has 0 unspecified atom stereocenters. The first-order valence-corrected chi connectivity index (χ1v) is 4.01. The van der Waals surface area contributed by atoms with E-state index in [1.54, 1.807) is 7.11 Å². The van der Waals surface area contributed by atoms with Gasteiger partial charge in [0.25, 0.3) is 0 Å². The predicted molar refractivity (Wildman–Crippen MR) is 47.3 cm³/mol. The molecule has 13 heavy (non-hydrogen) atoms. The van der Waals surface area contributed by atoms with E-state index in [4.69, 9.17) is 9.15 Å². The molecule has 0 aliphatic carbocycles. The van der Waals surface area contributed by atoms with Crippen LogP contribution in [-0.4, -0.2) is 17.1 Å². The lowest BCUT2D eigenvalue weighted by molar-refractivity contribution is 0.161. The number of nitrogens with zero attached hydrogens (tertiary/aromatic N) is 2. The zero-order valence-corrected chi connectivity index (χ0v) is 7.57. The maximum Gasteiger partial charge on any atom is 0.247 e. The van der Waals surface area contributed by atoms with Gasteiger partial charge < -0.3 is 9.15 Å². The molecular formula is C9H10N2O2. The summed E-state index contributed by atoms with van der Waals surface area (Å²) in [5, 5.41) is 0. The summed E-state index contributed by atoms with van der Waals surface area (Å²) < 4.78 is 10.2. The van der Waals surface area contributed by atoms with E-state index in [0.29, 0.717) is 18.2 Å². The molecule has 2 heterocycles. The molecule has 2 aromatic heterocycles. The topological polar surface area (TPSA) is 48.2 Å². The van der Waals surface area contributed by atoms with E-state index < -0.39 is 0 Å². The predicted octanol–water partition coefficient (Wildman–Crippen LogP) is 1.68.